The number of hydrogen-bond donors (Lipinski definition) is 1. The van der Waals surface area contributed by atoms with Gasteiger partial charge < -0.3 is 9.47 Å². The smallest absolute Gasteiger partial charge is 0.244 e. The zero-order valence-electron chi connectivity index (χ0n) is 12.9. The van der Waals surface area contributed by atoms with Crippen molar-refractivity contribution in [2.24, 2.45) is 0 Å². The minimum atomic E-state index is -3.66. The molecule has 0 saturated heterocycles. The Morgan fingerprint density at radius 2 is 1.74 bits per heavy atom. The highest BCUT2D eigenvalue weighted by molar-refractivity contribution is 9.10. The molecule has 7 heteroatoms. The molecule has 0 bridgehead atoms. The average Bonchev–Trinajstić information content (AvgIpc) is 2.55. The normalized spacial score (nSPS) is 11.3. The number of hydrogen-bond acceptors (Lipinski definition) is 4. The van der Waals surface area contributed by atoms with Crippen LogP contribution < -0.4 is 14.2 Å². The van der Waals surface area contributed by atoms with Crippen LogP contribution in [0.25, 0.3) is 0 Å². The molecule has 0 saturated carbocycles. The van der Waals surface area contributed by atoms with Gasteiger partial charge in [0.05, 0.1) is 14.2 Å². The number of nitrogens with one attached hydrogen (secondary N) is 1. The zero-order valence-corrected chi connectivity index (χ0v) is 15.3. The number of rotatable bonds is 7. The standard InChI is InChI=1S/C16H18BrNO4S/c1-21-14-6-4-3-5-12(14)9-10-18-23(19,20)16-11-13(17)7-8-15(16)22-2/h3-8,11,18H,9-10H2,1-2H3. The van der Waals surface area contributed by atoms with Crippen LogP contribution in [0.15, 0.2) is 51.8 Å². The molecule has 2 rings (SSSR count). The second-order valence-electron chi connectivity index (χ2n) is 4.75. The van der Waals surface area contributed by atoms with E-state index in [9.17, 15) is 8.42 Å². The average molecular weight is 400 g/mol. The van der Waals surface area contributed by atoms with Crippen LogP contribution in [0.1, 0.15) is 5.56 Å². The van der Waals surface area contributed by atoms with E-state index >= 15 is 0 Å². The predicted molar refractivity (Wildman–Crippen MR) is 92.6 cm³/mol. The third-order valence-electron chi connectivity index (χ3n) is 3.29. The van der Waals surface area contributed by atoms with Crippen molar-refractivity contribution in [3.8, 4) is 11.5 Å². The molecule has 0 fully saturated rings. The Balaban J connectivity index is 2.12. The monoisotopic (exact) mass is 399 g/mol. The molecule has 0 spiro atoms. The summed E-state index contributed by atoms with van der Waals surface area (Å²) in [5.74, 6) is 1.05. The molecule has 2 aromatic rings. The van der Waals surface area contributed by atoms with E-state index in [-0.39, 0.29) is 11.4 Å². The van der Waals surface area contributed by atoms with E-state index in [4.69, 9.17) is 9.47 Å². The summed E-state index contributed by atoms with van der Waals surface area (Å²) in [6, 6.07) is 12.4. The molecule has 0 radical (unpaired) electrons. The molecule has 1 N–H and O–H groups in total. The third kappa shape index (κ3) is 4.46. The van der Waals surface area contributed by atoms with Gasteiger partial charge in [-0.05, 0) is 36.2 Å². The fourth-order valence-corrected chi connectivity index (χ4v) is 3.91. The second-order valence-corrected chi connectivity index (χ2v) is 7.41. The van der Waals surface area contributed by atoms with E-state index in [1.165, 1.54) is 13.2 Å². The van der Waals surface area contributed by atoms with Crippen molar-refractivity contribution in [1.29, 1.82) is 0 Å². The fourth-order valence-electron chi connectivity index (χ4n) is 2.17. The number of methoxy groups -OCH3 is 2. The molecule has 0 aromatic heterocycles. The topological polar surface area (TPSA) is 64.6 Å². The van der Waals surface area contributed by atoms with E-state index < -0.39 is 10.0 Å². The Hall–Kier alpha value is -1.57. The highest BCUT2D eigenvalue weighted by atomic mass is 79.9. The molecule has 23 heavy (non-hydrogen) atoms. The van der Waals surface area contributed by atoms with E-state index in [2.05, 4.69) is 20.7 Å². The summed E-state index contributed by atoms with van der Waals surface area (Å²) < 4.78 is 38.6. The molecule has 5 nitrogen and oxygen atoms in total. The molecule has 0 aliphatic heterocycles. The van der Waals surface area contributed by atoms with E-state index in [1.807, 2.05) is 24.3 Å². The van der Waals surface area contributed by atoms with Crippen LogP contribution >= 0.6 is 15.9 Å². The fraction of sp³-hybridized carbons (Fsp3) is 0.250. The summed E-state index contributed by atoms with van der Waals surface area (Å²) >= 11 is 3.28. The largest absolute Gasteiger partial charge is 0.496 e. The highest BCUT2D eigenvalue weighted by Crippen LogP contribution is 2.27. The maximum absolute atomic E-state index is 12.5. The summed E-state index contributed by atoms with van der Waals surface area (Å²) in [6.45, 7) is 0.262. The van der Waals surface area contributed by atoms with Crippen LogP contribution in [0, 0.1) is 0 Å². The summed E-state index contributed by atoms with van der Waals surface area (Å²) in [5, 5.41) is 0. The quantitative estimate of drug-likeness (QED) is 0.776. The molecule has 0 atom stereocenters. The Bertz CT molecular complexity index is 777. The van der Waals surface area contributed by atoms with Crippen molar-refractivity contribution in [3.63, 3.8) is 0 Å². The maximum atomic E-state index is 12.5. The molecular weight excluding hydrogens is 382 g/mol. The minimum Gasteiger partial charge on any atom is -0.496 e. The van der Waals surface area contributed by atoms with Crippen LogP contribution in [0.4, 0.5) is 0 Å². The second kappa shape index (κ2) is 7.81. The lowest BCUT2D eigenvalue weighted by Gasteiger charge is -2.12. The molecule has 0 unspecified atom stereocenters. The number of para-hydroxylation sites is 1. The summed E-state index contributed by atoms with van der Waals surface area (Å²) in [7, 11) is -0.627. The van der Waals surface area contributed by atoms with Crippen LogP contribution in [-0.4, -0.2) is 29.2 Å². The van der Waals surface area contributed by atoms with Gasteiger partial charge in [-0.25, -0.2) is 13.1 Å². The summed E-state index contributed by atoms with van der Waals surface area (Å²) in [6.07, 6.45) is 0.527. The van der Waals surface area contributed by atoms with Crippen molar-refractivity contribution in [1.82, 2.24) is 4.72 Å². The van der Waals surface area contributed by atoms with Gasteiger partial charge in [0.15, 0.2) is 0 Å². The number of halogens is 1. The molecule has 0 aliphatic rings. The van der Waals surface area contributed by atoms with Gasteiger partial charge in [0.1, 0.15) is 16.4 Å². The molecule has 0 heterocycles. The lowest BCUT2D eigenvalue weighted by Crippen LogP contribution is -2.26. The van der Waals surface area contributed by atoms with Gasteiger partial charge in [0.25, 0.3) is 0 Å². The van der Waals surface area contributed by atoms with Gasteiger partial charge in [-0.15, -0.1) is 0 Å². The molecule has 124 valence electrons. The van der Waals surface area contributed by atoms with E-state index in [0.717, 1.165) is 11.3 Å². The Kier molecular flexibility index (Phi) is 6.04. The van der Waals surface area contributed by atoms with Crippen molar-refractivity contribution in [2.75, 3.05) is 20.8 Å². The number of sulfonamides is 1. The van der Waals surface area contributed by atoms with Gasteiger partial charge in [-0.1, -0.05) is 34.1 Å². The first kappa shape index (κ1) is 17.8. The van der Waals surface area contributed by atoms with Gasteiger partial charge in [-0.3, -0.25) is 0 Å². The Morgan fingerprint density at radius 3 is 2.43 bits per heavy atom. The van der Waals surface area contributed by atoms with Crippen LogP contribution in [0.2, 0.25) is 0 Å². The number of ether oxygens (including phenoxy) is 2. The van der Waals surface area contributed by atoms with Crippen LogP contribution in [0.5, 0.6) is 11.5 Å². The predicted octanol–water partition coefficient (Wildman–Crippen LogP) is 2.99. The van der Waals surface area contributed by atoms with Crippen molar-refractivity contribution in [3.05, 3.63) is 52.5 Å². The van der Waals surface area contributed by atoms with Crippen molar-refractivity contribution >= 4 is 26.0 Å². The van der Waals surface area contributed by atoms with Gasteiger partial charge in [0, 0.05) is 11.0 Å². The van der Waals surface area contributed by atoms with Crippen LogP contribution in [-0.2, 0) is 16.4 Å². The molecule has 0 aliphatic carbocycles. The Labute approximate surface area is 144 Å². The molecule has 2 aromatic carbocycles. The van der Waals surface area contributed by atoms with Crippen molar-refractivity contribution in [2.45, 2.75) is 11.3 Å². The van der Waals surface area contributed by atoms with E-state index in [0.29, 0.717) is 16.6 Å². The van der Waals surface area contributed by atoms with E-state index in [1.54, 1.807) is 19.2 Å². The summed E-state index contributed by atoms with van der Waals surface area (Å²) in [5.41, 5.74) is 0.943. The zero-order chi connectivity index (χ0) is 16.9. The lowest BCUT2D eigenvalue weighted by atomic mass is 10.1. The maximum Gasteiger partial charge on any atom is 0.244 e. The first-order chi connectivity index (χ1) is 11.0. The van der Waals surface area contributed by atoms with Gasteiger partial charge >= 0.3 is 0 Å². The number of benzene rings is 2. The van der Waals surface area contributed by atoms with Gasteiger partial charge in [-0.2, -0.15) is 0 Å². The first-order valence-electron chi connectivity index (χ1n) is 6.93. The van der Waals surface area contributed by atoms with Crippen molar-refractivity contribution < 1.29 is 17.9 Å². The minimum absolute atomic E-state index is 0.106. The van der Waals surface area contributed by atoms with Gasteiger partial charge in [0.2, 0.25) is 10.0 Å². The summed E-state index contributed by atoms with van der Waals surface area (Å²) in [4.78, 5) is 0.106. The lowest BCUT2D eigenvalue weighted by molar-refractivity contribution is 0.402. The third-order valence-corrected chi connectivity index (χ3v) is 5.27. The first-order valence-corrected chi connectivity index (χ1v) is 9.20. The Morgan fingerprint density at radius 1 is 1.04 bits per heavy atom. The van der Waals surface area contributed by atoms with Crippen LogP contribution in [0.3, 0.4) is 0 Å². The molecule has 0 amide bonds. The molecular formula is C16H18BrNO4S. The highest BCUT2D eigenvalue weighted by Gasteiger charge is 2.19. The SMILES string of the molecule is COc1ccccc1CCNS(=O)(=O)c1cc(Br)ccc1OC.